The Morgan fingerprint density at radius 2 is 2.00 bits per heavy atom. The third kappa shape index (κ3) is 3.53. The quantitative estimate of drug-likeness (QED) is 0.926. The van der Waals surface area contributed by atoms with Crippen LogP contribution in [0.15, 0.2) is 18.2 Å². The standard InChI is InChI=1S/C17H26ClN3/c1-14-3-4-15(18)11-16(14)21-9-7-20(8-10-21)13-17(2)5-6-19-12-17/h3-4,11,19H,5-10,12-13H2,1-2H3. The molecule has 1 N–H and O–H groups in total. The molecule has 0 amide bonds. The molecule has 21 heavy (non-hydrogen) atoms. The summed E-state index contributed by atoms with van der Waals surface area (Å²) in [6.45, 7) is 12.7. The summed E-state index contributed by atoms with van der Waals surface area (Å²) in [7, 11) is 0. The maximum Gasteiger partial charge on any atom is 0.0426 e. The van der Waals surface area contributed by atoms with Crippen LogP contribution in [0.25, 0.3) is 0 Å². The molecule has 2 aliphatic rings. The van der Waals surface area contributed by atoms with Gasteiger partial charge < -0.3 is 10.2 Å². The molecule has 0 spiro atoms. The summed E-state index contributed by atoms with van der Waals surface area (Å²) >= 11 is 6.15. The minimum Gasteiger partial charge on any atom is -0.369 e. The first-order valence-electron chi connectivity index (χ1n) is 8.00. The van der Waals surface area contributed by atoms with Crippen molar-refractivity contribution in [1.82, 2.24) is 10.2 Å². The topological polar surface area (TPSA) is 18.5 Å². The van der Waals surface area contributed by atoms with E-state index >= 15 is 0 Å². The summed E-state index contributed by atoms with van der Waals surface area (Å²) in [5.74, 6) is 0. The van der Waals surface area contributed by atoms with Gasteiger partial charge in [-0.3, -0.25) is 4.90 Å². The minimum absolute atomic E-state index is 0.466. The summed E-state index contributed by atoms with van der Waals surface area (Å²) in [6.07, 6.45) is 1.31. The first-order chi connectivity index (χ1) is 10.1. The first-order valence-corrected chi connectivity index (χ1v) is 8.38. The summed E-state index contributed by atoms with van der Waals surface area (Å²) in [5, 5.41) is 4.33. The van der Waals surface area contributed by atoms with Crippen molar-refractivity contribution in [3.8, 4) is 0 Å². The predicted octanol–water partition coefficient (Wildman–Crippen LogP) is 2.77. The molecule has 0 bridgehead atoms. The third-order valence-electron chi connectivity index (χ3n) is 4.95. The molecule has 2 aliphatic heterocycles. The van der Waals surface area contributed by atoms with E-state index in [1.807, 2.05) is 6.07 Å². The monoisotopic (exact) mass is 307 g/mol. The average Bonchev–Trinajstić information content (AvgIpc) is 2.89. The third-order valence-corrected chi connectivity index (χ3v) is 5.18. The van der Waals surface area contributed by atoms with Crippen molar-refractivity contribution in [1.29, 1.82) is 0 Å². The number of benzene rings is 1. The van der Waals surface area contributed by atoms with Gasteiger partial charge in [0.2, 0.25) is 0 Å². The fraction of sp³-hybridized carbons (Fsp3) is 0.647. The summed E-state index contributed by atoms with van der Waals surface area (Å²) in [5.41, 5.74) is 3.09. The second kappa shape index (κ2) is 6.15. The van der Waals surface area contributed by atoms with E-state index in [0.29, 0.717) is 5.41 Å². The highest BCUT2D eigenvalue weighted by Gasteiger charge is 2.31. The molecule has 2 heterocycles. The fourth-order valence-electron chi connectivity index (χ4n) is 3.61. The van der Waals surface area contributed by atoms with Crippen molar-refractivity contribution in [3.05, 3.63) is 28.8 Å². The second-order valence-corrected chi connectivity index (χ2v) is 7.37. The van der Waals surface area contributed by atoms with Crippen LogP contribution in [0.3, 0.4) is 0 Å². The normalized spacial score (nSPS) is 27.3. The summed E-state index contributed by atoms with van der Waals surface area (Å²) < 4.78 is 0. The Morgan fingerprint density at radius 3 is 2.67 bits per heavy atom. The molecule has 4 heteroatoms. The number of rotatable bonds is 3. The Balaban J connectivity index is 1.58. The average molecular weight is 308 g/mol. The Hall–Kier alpha value is -0.770. The first kappa shape index (κ1) is 15.1. The number of piperazine rings is 1. The zero-order valence-corrected chi connectivity index (χ0v) is 13.9. The molecule has 2 saturated heterocycles. The van der Waals surface area contributed by atoms with Crippen molar-refractivity contribution in [2.45, 2.75) is 20.3 Å². The van der Waals surface area contributed by atoms with E-state index in [1.165, 1.54) is 37.3 Å². The van der Waals surface area contributed by atoms with Crippen LogP contribution >= 0.6 is 11.6 Å². The lowest BCUT2D eigenvalue weighted by molar-refractivity contribution is 0.169. The van der Waals surface area contributed by atoms with Crippen LogP contribution in [0.1, 0.15) is 18.9 Å². The van der Waals surface area contributed by atoms with Crippen LogP contribution in [-0.2, 0) is 0 Å². The van der Waals surface area contributed by atoms with E-state index in [0.717, 1.165) is 31.2 Å². The van der Waals surface area contributed by atoms with Gasteiger partial charge in [0, 0.05) is 50.0 Å². The molecular formula is C17H26ClN3. The zero-order chi connectivity index (χ0) is 14.9. The van der Waals surface area contributed by atoms with Gasteiger partial charge in [-0.25, -0.2) is 0 Å². The molecule has 3 nitrogen and oxygen atoms in total. The molecule has 0 aromatic heterocycles. The van der Waals surface area contributed by atoms with E-state index < -0.39 is 0 Å². The molecule has 1 unspecified atom stereocenters. The predicted molar refractivity (Wildman–Crippen MR) is 90.4 cm³/mol. The Kier molecular flexibility index (Phi) is 4.43. The van der Waals surface area contributed by atoms with Gasteiger partial charge in [-0.15, -0.1) is 0 Å². The summed E-state index contributed by atoms with van der Waals surface area (Å²) in [4.78, 5) is 5.11. The van der Waals surface area contributed by atoms with Crippen molar-refractivity contribution in [2.24, 2.45) is 5.41 Å². The van der Waals surface area contributed by atoms with Crippen LogP contribution in [0.5, 0.6) is 0 Å². The Labute approximate surface area is 133 Å². The number of hydrogen-bond donors (Lipinski definition) is 1. The van der Waals surface area contributed by atoms with E-state index in [2.05, 4.69) is 41.1 Å². The van der Waals surface area contributed by atoms with E-state index in [4.69, 9.17) is 11.6 Å². The van der Waals surface area contributed by atoms with Gasteiger partial charge in [-0.05, 0) is 43.0 Å². The van der Waals surface area contributed by atoms with Crippen molar-refractivity contribution in [3.63, 3.8) is 0 Å². The highest BCUT2D eigenvalue weighted by molar-refractivity contribution is 6.30. The molecule has 0 saturated carbocycles. The van der Waals surface area contributed by atoms with E-state index in [9.17, 15) is 0 Å². The lowest BCUT2D eigenvalue weighted by atomic mass is 9.89. The highest BCUT2D eigenvalue weighted by atomic mass is 35.5. The number of nitrogens with zero attached hydrogens (tertiary/aromatic N) is 2. The lowest BCUT2D eigenvalue weighted by Crippen LogP contribution is -2.50. The molecule has 0 aliphatic carbocycles. The molecule has 1 atom stereocenters. The Morgan fingerprint density at radius 1 is 1.24 bits per heavy atom. The number of anilines is 1. The number of halogens is 1. The highest BCUT2D eigenvalue weighted by Crippen LogP contribution is 2.28. The summed E-state index contributed by atoms with van der Waals surface area (Å²) in [6, 6.07) is 6.20. The van der Waals surface area contributed by atoms with Crippen LogP contribution in [0.4, 0.5) is 5.69 Å². The van der Waals surface area contributed by atoms with Gasteiger partial charge in [0.1, 0.15) is 0 Å². The molecular weight excluding hydrogens is 282 g/mol. The largest absolute Gasteiger partial charge is 0.369 e. The van der Waals surface area contributed by atoms with Crippen LogP contribution in [0.2, 0.25) is 5.02 Å². The van der Waals surface area contributed by atoms with Gasteiger partial charge in [0.25, 0.3) is 0 Å². The van der Waals surface area contributed by atoms with Gasteiger partial charge >= 0.3 is 0 Å². The smallest absolute Gasteiger partial charge is 0.0426 e. The molecule has 0 radical (unpaired) electrons. The van der Waals surface area contributed by atoms with Crippen molar-refractivity contribution < 1.29 is 0 Å². The molecule has 1 aromatic rings. The maximum atomic E-state index is 6.15. The van der Waals surface area contributed by atoms with Gasteiger partial charge in [0.15, 0.2) is 0 Å². The Bertz CT molecular complexity index is 489. The lowest BCUT2D eigenvalue weighted by Gasteiger charge is -2.40. The fourth-order valence-corrected chi connectivity index (χ4v) is 3.78. The van der Waals surface area contributed by atoms with Crippen molar-refractivity contribution >= 4 is 17.3 Å². The van der Waals surface area contributed by atoms with E-state index in [-0.39, 0.29) is 0 Å². The minimum atomic E-state index is 0.466. The maximum absolute atomic E-state index is 6.15. The SMILES string of the molecule is Cc1ccc(Cl)cc1N1CCN(CC2(C)CCNC2)CC1. The zero-order valence-electron chi connectivity index (χ0n) is 13.2. The van der Waals surface area contributed by atoms with E-state index in [1.54, 1.807) is 0 Å². The van der Waals surface area contributed by atoms with Gasteiger partial charge in [-0.1, -0.05) is 24.6 Å². The van der Waals surface area contributed by atoms with Gasteiger partial charge in [-0.2, -0.15) is 0 Å². The van der Waals surface area contributed by atoms with Crippen LogP contribution in [0, 0.1) is 12.3 Å². The van der Waals surface area contributed by atoms with Gasteiger partial charge in [0.05, 0.1) is 0 Å². The molecule has 1 aromatic carbocycles. The van der Waals surface area contributed by atoms with Crippen LogP contribution in [-0.4, -0.2) is 50.7 Å². The van der Waals surface area contributed by atoms with Crippen LogP contribution < -0.4 is 10.2 Å². The number of aryl methyl sites for hydroxylation is 1. The molecule has 3 rings (SSSR count). The number of hydrogen-bond acceptors (Lipinski definition) is 3. The second-order valence-electron chi connectivity index (χ2n) is 6.93. The molecule has 2 fully saturated rings. The van der Waals surface area contributed by atoms with Crippen molar-refractivity contribution in [2.75, 3.05) is 50.7 Å². The number of nitrogens with one attached hydrogen (secondary N) is 1. The molecule has 116 valence electrons.